The number of carbonyl (C=O) groups excluding carboxylic acids is 1. The summed E-state index contributed by atoms with van der Waals surface area (Å²) in [5, 5.41) is 3.27. The summed E-state index contributed by atoms with van der Waals surface area (Å²) in [6, 6.07) is 9.42. The molecule has 1 amide bonds. The first-order valence-electron chi connectivity index (χ1n) is 10.4. The highest BCUT2D eigenvalue weighted by molar-refractivity contribution is 5.78. The molecule has 1 aromatic carbocycles. The Kier molecular flexibility index (Phi) is 5.83. The van der Waals surface area contributed by atoms with E-state index < -0.39 is 0 Å². The van der Waals surface area contributed by atoms with E-state index >= 15 is 0 Å². The van der Waals surface area contributed by atoms with Crippen LogP contribution in [0.15, 0.2) is 24.3 Å². The van der Waals surface area contributed by atoms with Gasteiger partial charge in [0.1, 0.15) is 5.75 Å². The molecule has 1 N–H and O–H groups in total. The summed E-state index contributed by atoms with van der Waals surface area (Å²) in [6.07, 6.45) is 4.95. The van der Waals surface area contributed by atoms with Gasteiger partial charge < -0.3 is 19.9 Å². The van der Waals surface area contributed by atoms with Gasteiger partial charge >= 0.3 is 0 Å². The van der Waals surface area contributed by atoms with Crippen LogP contribution in [0.3, 0.4) is 0 Å². The van der Waals surface area contributed by atoms with E-state index in [0.29, 0.717) is 12.6 Å². The van der Waals surface area contributed by atoms with Gasteiger partial charge in [0.15, 0.2) is 0 Å². The Morgan fingerprint density at radius 3 is 2.48 bits per heavy atom. The molecule has 0 aromatic heterocycles. The van der Waals surface area contributed by atoms with Crippen molar-refractivity contribution in [2.75, 3.05) is 57.8 Å². The summed E-state index contributed by atoms with van der Waals surface area (Å²) in [5.41, 5.74) is 1.20. The van der Waals surface area contributed by atoms with Gasteiger partial charge in [-0.25, -0.2) is 0 Å². The van der Waals surface area contributed by atoms with Crippen LogP contribution in [-0.4, -0.2) is 80.7 Å². The molecule has 0 bridgehead atoms. The van der Waals surface area contributed by atoms with E-state index in [9.17, 15) is 4.79 Å². The number of hydrogen-bond acceptors (Lipinski definition) is 5. The Labute approximate surface area is 162 Å². The summed E-state index contributed by atoms with van der Waals surface area (Å²) in [4.78, 5) is 19.7. The van der Waals surface area contributed by atoms with Crippen molar-refractivity contribution in [3.63, 3.8) is 0 Å². The van der Waals surface area contributed by atoms with E-state index in [1.54, 1.807) is 7.11 Å². The van der Waals surface area contributed by atoms with Crippen molar-refractivity contribution in [3.8, 4) is 5.75 Å². The number of nitrogens with zero attached hydrogens (tertiary/aromatic N) is 3. The van der Waals surface area contributed by atoms with Gasteiger partial charge in [0.2, 0.25) is 5.91 Å². The van der Waals surface area contributed by atoms with E-state index in [1.165, 1.54) is 18.5 Å². The maximum absolute atomic E-state index is 12.4. The van der Waals surface area contributed by atoms with Gasteiger partial charge in [-0.05, 0) is 37.8 Å². The minimum absolute atomic E-state index is 0.190. The van der Waals surface area contributed by atoms with Gasteiger partial charge in [-0.15, -0.1) is 0 Å². The van der Waals surface area contributed by atoms with E-state index in [0.717, 1.165) is 63.9 Å². The number of benzene rings is 1. The molecular formula is C21H32N4O2. The molecule has 1 saturated carbocycles. The summed E-state index contributed by atoms with van der Waals surface area (Å²) in [6.45, 7) is 6.55. The second kappa shape index (κ2) is 8.48. The molecular weight excluding hydrogens is 340 g/mol. The van der Waals surface area contributed by atoms with Crippen LogP contribution in [0, 0.1) is 0 Å². The van der Waals surface area contributed by atoms with Gasteiger partial charge in [0.25, 0.3) is 0 Å². The van der Waals surface area contributed by atoms with Crippen molar-refractivity contribution in [1.82, 2.24) is 15.1 Å². The number of rotatable bonds is 6. The first-order valence-corrected chi connectivity index (χ1v) is 10.4. The van der Waals surface area contributed by atoms with Crippen molar-refractivity contribution < 1.29 is 9.53 Å². The largest absolute Gasteiger partial charge is 0.497 e. The molecule has 1 aromatic rings. The molecule has 0 spiro atoms. The van der Waals surface area contributed by atoms with E-state index in [1.807, 2.05) is 12.1 Å². The molecule has 3 fully saturated rings. The highest BCUT2D eigenvalue weighted by Gasteiger charge is 2.32. The third kappa shape index (κ3) is 4.93. The average molecular weight is 373 g/mol. The topological polar surface area (TPSA) is 48.1 Å². The number of ether oxygens (including phenoxy) is 1. The number of nitrogens with one attached hydrogen (secondary N) is 1. The first-order chi connectivity index (χ1) is 13.2. The third-order valence-electron chi connectivity index (χ3n) is 6.12. The smallest absolute Gasteiger partial charge is 0.234 e. The second-order valence-electron chi connectivity index (χ2n) is 8.07. The molecule has 2 saturated heterocycles. The minimum atomic E-state index is 0.190. The van der Waals surface area contributed by atoms with Gasteiger partial charge in [-0.3, -0.25) is 9.69 Å². The molecule has 4 rings (SSSR count). The lowest BCUT2D eigenvalue weighted by Crippen LogP contribution is -2.52. The fourth-order valence-electron chi connectivity index (χ4n) is 4.30. The van der Waals surface area contributed by atoms with Gasteiger partial charge in [0.05, 0.1) is 13.7 Å². The number of methoxy groups -OCH3 is 1. The SMILES string of the molecule is COc1cccc(N2CCN(CC(=O)NC3CCN(C4CC4)CC3)CC2)c1. The molecule has 1 aliphatic carbocycles. The zero-order valence-corrected chi connectivity index (χ0v) is 16.4. The lowest BCUT2D eigenvalue weighted by Gasteiger charge is -2.36. The fourth-order valence-corrected chi connectivity index (χ4v) is 4.30. The summed E-state index contributed by atoms with van der Waals surface area (Å²) in [7, 11) is 1.70. The van der Waals surface area contributed by atoms with E-state index in [4.69, 9.17) is 4.74 Å². The van der Waals surface area contributed by atoms with Crippen LogP contribution in [0.25, 0.3) is 0 Å². The molecule has 6 nitrogen and oxygen atoms in total. The van der Waals surface area contributed by atoms with Gasteiger partial charge in [0, 0.05) is 63.1 Å². The average Bonchev–Trinajstić information content (AvgIpc) is 3.54. The Morgan fingerprint density at radius 2 is 1.81 bits per heavy atom. The lowest BCUT2D eigenvalue weighted by atomic mass is 10.0. The van der Waals surface area contributed by atoms with Gasteiger partial charge in [-0.2, -0.15) is 0 Å². The highest BCUT2D eigenvalue weighted by Crippen LogP contribution is 2.29. The van der Waals surface area contributed by atoms with Crippen molar-refractivity contribution in [3.05, 3.63) is 24.3 Å². The Balaban J connectivity index is 1.18. The first kappa shape index (κ1) is 18.6. The number of piperazine rings is 1. The Morgan fingerprint density at radius 1 is 1.07 bits per heavy atom. The van der Waals surface area contributed by atoms with Crippen LogP contribution in [0.1, 0.15) is 25.7 Å². The standard InChI is InChI=1S/C21H32N4O2/c1-27-20-4-2-3-19(15-20)25-13-11-23(12-14-25)16-21(26)22-17-7-9-24(10-8-17)18-5-6-18/h2-4,15,17-18H,5-14,16H2,1H3,(H,22,26). The van der Waals surface area contributed by atoms with Crippen molar-refractivity contribution >= 4 is 11.6 Å². The fraction of sp³-hybridized carbons (Fsp3) is 0.667. The van der Waals surface area contributed by atoms with Gasteiger partial charge in [-0.1, -0.05) is 6.07 Å². The third-order valence-corrected chi connectivity index (χ3v) is 6.12. The number of piperidine rings is 1. The number of likely N-dealkylation sites (tertiary alicyclic amines) is 1. The highest BCUT2D eigenvalue weighted by atomic mass is 16.5. The molecule has 0 unspecified atom stereocenters. The molecule has 0 radical (unpaired) electrons. The maximum Gasteiger partial charge on any atom is 0.234 e. The maximum atomic E-state index is 12.4. The zero-order valence-electron chi connectivity index (χ0n) is 16.4. The molecule has 6 heteroatoms. The number of anilines is 1. The zero-order chi connectivity index (χ0) is 18.6. The Hall–Kier alpha value is -1.79. The number of amides is 1. The summed E-state index contributed by atoms with van der Waals surface area (Å²) < 4.78 is 5.32. The molecule has 2 heterocycles. The van der Waals surface area contributed by atoms with Crippen LogP contribution < -0.4 is 15.0 Å². The Bertz CT molecular complexity index is 633. The monoisotopic (exact) mass is 372 g/mol. The second-order valence-corrected chi connectivity index (χ2v) is 8.07. The number of carbonyl (C=O) groups is 1. The lowest BCUT2D eigenvalue weighted by molar-refractivity contribution is -0.123. The number of hydrogen-bond donors (Lipinski definition) is 1. The van der Waals surface area contributed by atoms with Crippen molar-refractivity contribution in [1.29, 1.82) is 0 Å². The van der Waals surface area contributed by atoms with Crippen LogP contribution in [0.5, 0.6) is 5.75 Å². The molecule has 27 heavy (non-hydrogen) atoms. The van der Waals surface area contributed by atoms with Crippen molar-refractivity contribution in [2.24, 2.45) is 0 Å². The predicted octanol–water partition coefficient (Wildman–Crippen LogP) is 1.56. The van der Waals surface area contributed by atoms with Crippen LogP contribution in [0.2, 0.25) is 0 Å². The van der Waals surface area contributed by atoms with Crippen LogP contribution in [0.4, 0.5) is 5.69 Å². The molecule has 148 valence electrons. The summed E-state index contributed by atoms with van der Waals surface area (Å²) >= 11 is 0. The van der Waals surface area contributed by atoms with Crippen LogP contribution >= 0.6 is 0 Å². The molecule has 0 atom stereocenters. The van der Waals surface area contributed by atoms with Crippen LogP contribution in [-0.2, 0) is 4.79 Å². The minimum Gasteiger partial charge on any atom is -0.497 e. The summed E-state index contributed by atoms with van der Waals surface area (Å²) in [5.74, 6) is 1.08. The molecule has 2 aliphatic heterocycles. The van der Waals surface area contributed by atoms with E-state index in [2.05, 4.69) is 32.1 Å². The molecule has 3 aliphatic rings. The van der Waals surface area contributed by atoms with Crippen molar-refractivity contribution in [2.45, 2.75) is 37.8 Å². The quantitative estimate of drug-likeness (QED) is 0.821. The predicted molar refractivity (Wildman–Crippen MR) is 107 cm³/mol. The normalized spacial score (nSPS) is 22.6. The van der Waals surface area contributed by atoms with E-state index in [-0.39, 0.29) is 5.91 Å².